The number of para-hydroxylation sites is 1. The quantitative estimate of drug-likeness (QED) is 0.552. The molecule has 0 radical (unpaired) electrons. The van der Waals surface area contributed by atoms with E-state index < -0.39 is 28.3 Å². The van der Waals surface area contributed by atoms with Crippen molar-refractivity contribution in [2.24, 2.45) is 0 Å². The molecule has 0 saturated heterocycles. The molecule has 0 aliphatic heterocycles. The van der Waals surface area contributed by atoms with Gasteiger partial charge in [0.25, 0.3) is 5.91 Å². The van der Waals surface area contributed by atoms with Gasteiger partial charge < -0.3 is 14.8 Å². The molecule has 2 aromatic rings. The molecule has 0 unspecified atom stereocenters. The lowest BCUT2D eigenvalue weighted by Gasteiger charge is -2.09. The summed E-state index contributed by atoms with van der Waals surface area (Å²) in [6.45, 7) is -0.00587. The SMILES string of the molecule is CS(=O)(=O)c1ccccc1C(=O)OCC(=O)NCCOc1ccccc1. The van der Waals surface area contributed by atoms with E-state index in [0.29, 0.717) is 5.75 Å². The first-order chi connectivity index (χ1) is 12.4. The predicted octanol–water partition coefficient (Wildman–Crippen LogP) is 1.44. The van der Waals surface area contributed by atoms with Crippen molar-refractivity contribution in [3.05, 3.63) is 60.2 Å². The van der Waals surface area contributed by atoms with Crippen molar-refractivity contribution in [3.8, 4) is 5.75 Å². The smallest absolute Gasteiger partial charge is 0.339 e. The minimum absolute atomic E-state index is 0.102. The topological polar surface area (TPSA) is 98.8 Å². The number of amides is 1. The Morgan fingerprint density at radius 3 is 2.35 bits per heavy atom. The largest absolute Gasteiger partial charge is 0.492 e. The van der Waals surface area contributed by atoms with E-state index in [1.165, 1.54) is 24.3 Å². The number of carbonyl (C=O) groups excluding carboxylic acids is 2. The van der Waals surface area contributed by atoms with Crippen LogP contribution in [0.1, 0.15) is 10.4 Å². The maximum absolute atomic E-state index is 12.0. The Kier molecular flexibility index (Phi) is 6.74. The summed E-state index contributed by atoms with van der Waals surface area (Å²) in [4.78, 5) is 23.6. The van der Waals surface area contributed by atoms with Crippen molar-refractivity contribution in [1.82, 2.24) is 5.32 Å². The van der Waals surface area contributed by atoms with E-state index >= 15 is 0 Å². The highest BCUT2D eigenvalue weighted by Gasteiger charge is 2.19. The molecule has 2 aromatic carbocycles. The fraction of sp³-hybridized carbons (Fsp3) is 0.222. The van der Waals surface area contributed by atoms with Crippen LogP contribution in [0.2, 0.25) is 0 Å². The molecule has 0 aliphatic rings. The molecule has 138 valence electrons. The summed E-state index contributed by atoms with van der Waals surface area (Å²) in [5.41, 5.74) is -0.102. The van der Waals surface area contributed by atoms with Crippen molar-refractivity contribution < 1.29 is 27.5 Å². The second-order valence-corrected chi connectivity index (χ2v) is 7.34. The molecule has 0 spiro atoms. The van der Waals surface area contributed by atoms with E-state index in [1.54, 1.807) is 12.1 Å². The summed E-state index contributed by atoms with van der Waals surface area (Å²) in [5, 5.41) is 2.55. The number of esters is 1. The lowest BCUT2D eigenvalue weighted by Crippen LogP contribution is -2.32. The van der Waals surface area contributed by atoms with Gasteiger partial charge in [0, 0.05) is 6.26 Å². The fourth-order valence-electron chi connectivity index (χ4n) is 2.09. The number of hydrogen-bond acceptors (Lipinski definition) is 6. The Labute approximate surface area is 151 Å². The van der Waals surface area contributed by atoms with Crippen LogP contribution in [-0.2, 0) is 19.4 Å². The van der Waals surface area contributed by atoms with E-state index in [1.807, 2.05) is 18.2 Å². The Balaban J connectivity index is 1.78. The van der Waals surface area contributed by atoms with Gasteiger partial charge in [-0.05, 0) is 24.3 Å². The van der Waals surface area contributed by atoms with Gasteiger partial charge in [0.05, 0.1) is 17.0 Å². The molecule has 1 amide bonds. The van der Waals surface area contributed by atoms with Gasteiger partial charge in [0.2, 0.25) is 0 Å². The standard InChI is InChI=1S/C18H19NO6S/c1-26(22,23)16-10-6-5-9-15(16)18(21)25-13-17(20)19-11-12-24-14-7-3-2-4-8-14/h2-10H,11-13H2,1H3,(H,19,20). The van der Waals surface area contributed by atoms with Crippen molar-refractivity contribution in [3.63, 3.8) is 0 Å². The molecule has 0 saturated carbocycles. The number of sulfone groups is 1. The lowest BCUT2D eigenvalue weighted by molar-refractivity contribution is -0.124. The van der Waals surface area contributed by atoms with Gasteiger partial charge in [-0.3, -0.25) is 4.79 Å². The molecule has 2 rings (SSSR count). The number of rotatable bonds is 8. The van der Waals surface area contributed by atoms with Crippen LogP contribution in [0.3, 0.4) is 0 Å². The van der Waals surface area contributed by atoms with Gasteiger partial charge in [-0.1, -0.05) is 30.3 Å². The zero-order valence-electron chi connectivity index (χ0n) is 14.2. The Morgan fingerprint density at radius 2 is 1.65 bits per heavy atom. The van der Waals surface area contributed by atoms with Crippen LogP contribution in [0.4, 0.5) is 0 Å². The van der Waals surface area contributed by atoms with Crippen LogP contribution in [0.25, 0.3) is 0 Å². The molecular formula is C18H19NO6S. The molecule has 7 nitrogen and oxygen atoms in total. The predicted molar refractivity (Wildman–Crippen MR) is 94.8 cm³/mol. The molecule has 0 bridgehead atoms. The zero-order valence-corrected chi connectivity index (χ0v) is 15.0. The van der Waals surface area contributed by atoms with Crippen LogP contribution in [-0.4, -0.2) is 46.3 Å². The monoisotopic (exact) mass is 377 g/mol. The normalized spacial score (nSPS) is 10.8. The molecular weight excluding hydrogens is 358 g/mol. The Hall–Kier alpha value is -2.87. The summed E-state index contributed by atoms with van der Waals surface area (Å²) >= 11 is 0. The van der Waals surface area contributed by atoms with Crippen molar-refractivity contribution in [1.29, 1.82) is 0 Å². The van der Waals surface area contributed by atoms with Gasteiger partial charge in [0.1, 0.15) is 12.4 Å². The first kappa shape index (κ1) is 19.5. The first-order valence-electron chi connectivity index (χ1n) is 7.78. The lowest BCUT2D eigenvalue weighted by atomic mass is 10.2. The molecule has 0 heterocycles. The number of nitrogens with one attached hydrogen (secondary N) is 1. The third-order valence-corrected chi connectivity index (χ3v) is 4.43. The minimum Gasteiger partial charge on any atom is -0.492 e. The Morgan fingerprint density at radius 1 is 1.00 bits per heavy atom. The Bertz CT molecular complexity index is 864. The third-order valence-electron chi connectivity index (χ3n) is 3.28. The third kappa shape index (κ3) is 5.89. The average Bonchev–Trinajstić information content (AvgIpc) is 2.63. The molecule has 0 atom stereocenters. The van der Waals surface area contributed by atoms with E-state index in [9.17, 15) is 18.0 Å². The van der Waals surface area contributed by atoms with E-state index in [-0.39, 0.29) is 23.6 Å². The maximum atomic E-state index is 12.0. The summed E-state index contributed by atoms with van der Waals surface area (Å²) < 4.78 is 33.7. The highest BCUT2D eigenvalue weighted by atomic mass is 32.2. The molecule has 0 fully saturated rings. The highest BCUT2D eigenvalue weighted by molar-refractivity contribution is 7.90. The van der Waals surface area contributed by atoms with Crippen LogP contribution in [0, 0.1) is 0 Å². The highest BCUT2D eigenvalue weighted by Crippen LogP contribution is 2.16. The number of benzene rings is 2. The molecule has 26 heavy (non-hydrogen) atoms. The molecule has 0 aliphatic carbocycles. The summed E-state index contributed by atoms with van der Waals surface area (Å²) in [7, 11) is -3.58. The number of carbonyl (C=O) groups is 2. The van der Waals surface area contributed by atoms with Crippen molar-refractivity contribution >= 4 is 21.7 Å². The number of ether oxygens (including phenoxy) is 2. The van der Waals surface area contributed by atoms with Gasteiger partial charge in [0.15, 0.2) is 16.4 Å². The molecule has 8 heteroatoms. The second kappa shape index (κ2) is 9.00. The zero-order chi connectivity index (χ0) is 19.0. The summed E-state index contributed by atoms with van der Waals surface area (Å²) in [5.74, 6) is -0.695. The van der Waals surface area contributed by atoms with Crippen molar-refractivity contribution in [2.75, 3.05) is 26.0 Å². The molecule has 1 N–H and O–H groups in total. The van der Waals surface area contributed by atoms with E-state index in [4.69, 9.17) is 9.47 Å². The van der Waals surface area contributed by atoms with Gasteiger partial charge in [-0.2, -0.15) is 0 Å². The fourth-order valence-corrected chi connectivity index (χ4v) is 2.97. The second-order valence-electron chi connectivity index (χ2n) is 5.36. The average molecular weight is 377 g/mol. The van der Waals surface area contributed by atoms with Crippen LogP contribution in [0.5, 0.6) is 5.75 Å². The van der Waals surface area contributed by atoms with E-state index in [2.05, 4.69) is 5.32 Å². The number of hydrogen-bond donors (Lipinski definition) is 1. The minimum atomic E-state index is -3.58. The summed E-state index contributed by atoms with van der Waals surface area (Å²) in [6, 6.07) is 14.8. The van der Waals surface area contributed by atoms with Crippen LogP contribution in [0.15, 0.2) is 59.5 Å². The summed E-state index contributed by atoms with van der Waals surface area (Å²) in [6.07, 6.45) is 0.999. The van der Waals surface area contributed by atoms with Gasteiger partial charge in [-0.25, -0.2) is 13.2 Å². The van der Waals surface area contributed by atoms with Gasteiger partial charge >= 0.3 is 5.97 Å². The van der Waals surface area contributed by atoms with Crippen LogP contribution >= 0.6 is 0 Å². The first-order valence-corrected chi connectivity index (χ1v) is 9.68. The molecule has 0 aromatic heterocycles. The van der Waals surface area contributed by atoms with E-state index in [0.717, 1.165) is 6.26 Å². The van der Waals surface area contributed by atoms with Crippen molar-refractivity contribution in [2.45, 2.75) is 4.90 Å². The maximum Gasteiger partial charge on any atom is 0.339 e. The van der Waals surface area contributed by atoms with Gasteiger partial charge in [-0.15, -0.1) is 0 Å². The van der Waals surface area contributed by atoms with Crippen LogP contribution < -0.4 is 10.1 Å².